The lowest BCUT2D eigenvalue weighted by Crippen LogP contribution is -2.31. The van der Waals surface area contributed by atoms with Crippen LogP contribution in [0, 0.1) is 0 Å². The van der Waals surface area contributed by atoms with Crippen molar-refractivity contribution in [2.24, 2.45) is 0 Å². The highest BCUT2D eigenvalue weighted by molar-refractivity contribution is 9.10. The number of nitrogens with zero attached hydrogens (tertiary/aromatic N) is 2. The van der Waals surface area contributed by atoms with E-state index in [0.29, 0.717) is 5.56 Å². The van der Waals surface area contributed by atoms with Crippen LogP contribution in [-0.4, -0.2) is 17.4 Å². The maximum absolute atomic E-state index is 12.6. The van der Waals surface area contributed by atoms with Crippen molar-refractivity contribution in [3.63, 3.8) is 0 Å². The summed E-state index contributed by atoms with van der Waals surface area (Å²) in [6.07, 6.45) is 3.63. The molecule has 0 saturated heterocycles. The molecule has 1 aromatic carbocycles. The number of hydrogen-bond donors (Lipinski definition) is 0. The van der Waals surface area contributed by atoms with Crippen molar-refractivity contribution < 1.29 is 4.79 Å². The number of hydrogen-bond acceptors (Lipinski definition) is 2. The number of carbonyl (C=O) groups excluding carboxylic acids is 1. The maximum Gasteiger partial charge on any atom is 0.259 e. The van der Waals surface area contributed by atoms with Crippen LogP contribution >= 0.6 is 15.9 Å². The van der Waals surface area contributed by atoms with Crippen LogP contribution in [0.25, 0.3) is 0 Å². The molecule has 4 heteroatoms. The Morgan fingerprint density at radius 3 is 2.55 bits per heavy atom. The third-order valence-corrected chi connectivity index (χ3v) is 3.49. The Balaban J connectivity index is 2.26. The molecule has 1 heterocycles. The molecule has 0 N–H and O–H groups in total. The Labute approximate surface area is 127 Å². The van der Waals surface area contributed by atoms with Gasteiger partial charge >= 0.3 is 0 Å². The number of aromatic nitrogens is 1. The predicted molar refractivity (Wildman–Crippen MR) is 85.0 cm³/mol. The Bertz CT molecular complexity index is 554. The zero-order chi connectivity index (χ0) is 14.4. The molecule has 1 aromatic heterocycles. The number of anilines is 1. The number of para-hydroxylation sites is 1. The van der Waals surface area contributed by atoms with Crippen LogP contribution in [0.15, 0.2) is 53.3 Å². The number of amides is 1. The largest absolute Gasteiger partial charge is 0.308 e. The van der Waals surface area contributed by atoms with Gasteiger partial charge in [-0.1, -0.05) is 31.5 Å². The number of carbonyl (C=O) groups is 1. The molecule has 0 aliphatic rings. The van der Waals surface area contributed by atoms with E-state index in [9.17, 15) is 4.79 Å². The molecule has 2 aromatic rings. The van der Waals surface area contributed by atoms with Gasteiger partial charge in [-0.25, -0.2) is 4.98 Å². The molecule has 0 atom stereocenters. The Hall–Kier alpha value is -1.68. The molecule has 0 aliphatic heterocycles. The summed E-state index contributed by atoms with van der Waals surface area (Å²) in [7, 11) is 0. The summed E-state index contributed by atoms with van der Waals surface area (Å²) < 4.78 is 0.730. The Morgan fingerprint density at radius 2 is 1.95 bits per heavy atom. The van der Waals surface area contributed by atoms with Gasteiger partial charge in [-0.05, 0) is 46.6 Å². The van der Waals surface area contributed by atoms with E-state index < -0.39 is 0 Å². The minimum Gasteiger partial charge on any atom is -0.308 e. The fourth-order valence-electron chi connectivity index (χ4n) is 1.93. The average molecular weight is 333 g/mol. The van der Waals surface area contributed by atoms with Crippen LogP contribution in [0.4, 0.5) is 5.69 Å². The van der Waals surface area contributed by atoms with E-state index in [1.54, 1.807) is 18.3 Å². The zero-order valence-electron chi connectivity index (χ0n) is 11.4. The molecule has 3 nitrogen and oxygen atoms in total. The van der Waals surface area contributed by atoms with Crippen molar-refractivity contribution in [1.29, 1.82) is 0 Å². The van der Waals surface area contributed by atoms with Gasteiger partial charge in [0.2, 0.25) is 0 Å². The molecule has 0 unspecified atom stereocenters. The van der Waals surface area contributed by atoms with E-state index in [-0.39, 0.29) is 5.91 Å². The van der Waals surface area contributed by atoms with E-state index in [0.717, 1.165) is 29.7 Å². The lowest BCUT2D eigenvalue weighted by Gasteiger charge is -2.22. The third-order valence-electron chi connectivity index (χ3n) is 3.02. The van der Waals surface area contributed by atoms with Gasteiger partial charge in [-0.15, -0.1) is 0 Å². The first kappa shape index (κ1) is 14.7. The molecular formula is C16H17BrN2O. The summed E-state index contributed by atoms with van der Waals surface area (Å²) in [5.41, 5.74) is 1.53. The number of rotatable bonds is 5. The standard InChI is InChI=1S/C16H17BrN2O/c1-2-3-11-19(14-7-5-4-6-8-14)16(20)13-9-10-15(17)18-12-13/h4-10,12H,2-3,11H2,1H3. The van der Waals surface area contributed by atoms with Gasteiger partial charge in [0.1, 0.15) is 4.60 Å². The van der Waals surface area contributed by atoms with Gasteiger partial charge in [0.25, 0.3) is 5.91 Å². The number of halogens is 1. The van der Waals surface area contributed by atoms with Crippen LogP contribution in [-0.2, 0) is 0 Å². The first-order chi connectivity index (χ1) is 9.72. The number of unbranched alkanes of at least 4 members (excludes halogenated alkanes) is 1. The maximum atomic E-state index is 12.6. The summed E-state index contributed by atoms with van der Waals surface area (Å²) in [4.78, 5) is 18.6. The Morgan fingerprint density at radius 1 is 1.20 bits per heavy atom. The van der Waals surface area contributed by atoms with Crippen LogP contribution in [0.1, 0.15) is 30.1 Å². The van der Waals surface area contributed by atoms with Crippen molar-refractivity contribution in [1.82, 2.24) is 4.98 Å². The first-order valence-electron chi connectivity index (χ1n) is 6.71. The summed E-state index contributed by atoms with van der Waals surface area (Å²) >= 11 is 3.28. The van der Waals surface area contributed by atoms with Crippen LogP contribution in [0.5, 0.6) is 0 Å². The summed E-state index contributed by atoms with van der Waals surface area (Å²) in [5, 5.41) is 0. The smallest absolute Gasteiger partial charge is 0.259 e. The lowest BCUT2D eigenvalue weighted by molar-refractivity contribution is 0.0986. The molecule has 0 saturated carbocycles. The highest BCUT2D eigenvalue weighted by atomic mass is 79.9. The third kappa shape index (κ3) is 3.67. The van der Waals surface area contributed by atoms with Crippen molar-refractivity contribution in [2.75, 3.05) is 11.4 Å². The Kier molecular flexibility index (Phi) is 5.30. The second-order valence-electron chi connectivity index (χ2n) is 4.52. The van der Waals surface area contributed by atoms with Crippen LogP contribution < -0.4 is 4.90 Å². The summed E-state index contributed by atoms with van der Waals surface area (Å²) in [6, 6.07) is 13.3. The SMILES string of the molecule is CCCCN(C(=O)c1ccc(Br)nc1)c1ccccc1. The fourth-order valence-corrected chi connectivity index (χ4v) is 2.16. The average Bonchev–Trinajstić information content (AvgIpc) is 2.49. The van der Waals surface area contributed by atoms with E-state index in [4.69, 9.17) is 0 Å². The second-order valence-corrected chi connectivity index (χ2v) is 5.33. The molecular weight excluding hydrogens is 316 g/mol. The van der Waals surface area contributed by atoms with E-state index in [2.05, 4.69) is 27.8 Å². The quantitative estimate of drug-likeness (QED) is 0.765. The van der Waals surface area contributed by atoms with Crippen LogP contribution in [0.3, 0.4) is 0 Å². The second kappa shape index (κ2) is 7.20. The van der Waals surface area contributed by atoms with Gasteiger partial charge in [0.05, 0.1) is 5.56 Å². The zero-order valence-corrected chi connectivity index (χ0v) is 13.0. The van der Waals surface area contributed by atoms with Gasteiger partial charge < -0.3 is 4.90 Å². The molecule has 0 aliphatic carbocycles. The van der Waals surface area contributed by atoms with Crippen LogP contribution in [0.2, 0.25) is 0 Å². The molecule has 20 heavy (non-hydrogen) atoms. The highest BCUT2D eigenvalue weighted by Gasteiger charge is 2.17. The normalized spacial score (nSPS) is 10.3. The highest BCUT2D eigenvalue weighted by Crippen LogP contribution is 2.18. The fraction of sp³-hybridized carbons (Fsp3) is 0.250. The molecule has 0 radical (unpaired) electrons. The number of pyridine rings is 1. The summed E-state index contributed by atoms with van der Waals surface area (Å²) in [6.45, 7) is 2.84. The lowest BCUT2D eigenvalue weighted by atomic mass is 10.2. The van der Waals surface area contributed by atoms with E-state index in [1.807, 2.05) is 35.2 Å². The predicted octanol–water partition coefficient (Wildman–Crippen LogP) is 4.29. The first-order valence-corrected chi connectivity index (χ1v) is 7.50. The van der Waals surface area contributed by atoms with Gasteiger partial charge in [0, 0.05) is 18.4 Å². The van der Waals surface area contributed by atoms with Crippen molar-refractivity contribution in [2.45, 2.75) is 19.8 Å². The molecule has 1 amide bonds. The molecule has 2 rings (SSSR count). The minimum absolute atomic E-state index is 0.00958. The minimum atomic E-state index is -0.00958. The molecule has 0 bridgehead atoms. The monoisotopic (exact) mass is 332 g/mol. The van der Waals surface area contributed by atoms with Crippen molar-refractivity contribution in [3.05, 3.63) is 58.8 Å². The van der Waals surface area contributed by atoms with Crippen molar-refractivity contribution >= 4 is 27.5 Å². The molecule has 0 fully saturated rings. The van der Waals surface area contributed by atoms with Gasteiger partial charge in [0.15, 0.2) is 0 Å². The van der Waals surface area contributed by atoms with Gasteiger partial charge in [-0.3, -0.25) is 4.79 Å². The summed E-state index contributed by atoms with van der Waals surface area (Å²) in [5.74, 6) is -0.00958. The van der Waals surface area contributed by atoms with Crippen molar-refractivity contribution in [3.8, 4) is 0 Å². The topological polar surface area (TPSA) is 33.2 Å². The molecule has 0 spiro atoms. The van der Waals surface area contributed by atoms with Gasteiger partial charge in [-0.2, -0.15) is 0 Å². The van der Waals surface area contributed by atoms with E-state index >= 15 is 0 Å². The van der Waals surface area contributed by atoms with E-state index in [1.165, 1.54) is 0 Å². The number of benzene rings is 1. The molecule has 104 valence electrons.